The monoisotopic (exact) mass is 331 g/mol. The smallest absolute Gasteiger partial charge is 0.326 e. The Morgan fingerprint density at radius 2 is 2.08 bits per heavy atom. The highest BCUT2D eigenvalue weighted by Gasteiger charge is 2.19. The van der Waals surface area contributed by atoms with Gasteiger partial charge >= 0.3 is 5.97 Å². The molecule has 2 heterocycles. The van der Waals surface area contributed by atoms with E-state index in [0.717, 1.165) is 0 Å². The largest absolute Gasteiger partial charge is 0.480 e. The van der Waals surface area contributed by atoms with Gasteiger partial charge < -0.3 is 14.9 Å². The number of amides is 1. The van der Waals surface area contributed by atoms with E-state index in [0.29, 0.717) is 5.82 Å². The number of nitrogens with zero attached hydrogens (tertiary/aromatic N) is 4. The number of carboxylic acids is 1. The maximum atomic E-state index is 11.9. The molecule has 1 amide bonds. The molecule has 0 bridgehead atoms. The zero-order chi connectivity index (χ0) is 17.4. The van der Waals surface area contributed by atoms with E-state index in [2.05, 4.69) is 25.4 Å². The van der Waals surface area contributed by atoms with Gasteiger partial charge in [0.05, 0.1) is 0 Å². The highest BCUT2D eigenvalue weighted by molar-refractivity contribution is 5.83. The normalized spacial score (nSPS) is 12.2. The molecule has 2 N–H and O–H groups in total. The number of aromatic nitrogens is 4. The van der Waals surface area contributed by atoms with Crippen LogP contribution >= 0.6 is 0 Å². The third-order valence-electron chi connectivity index (χ3n) is 3.04. The Balaban J connectivity index is 1.88. The van der Waals surface area contributed by atoms with Crippen LogP contribution in [0.4, 0.5) is 0 Å². The van der Waals surface area contributed by atoms with Crippen LogP contribution in [0.5, 0.6) is 0 Å². The number of allylic oxidation sites excluding steroid dienone is 1. The van der Waals surface area contributed by atoms with Crippen molar-refractivity contribution >= 4 is 11.9 Å². The van der Waals surface area contributed by atoms with Gasteiger partial charge in [-0.2, -0.15) is 4.98 Å². The molecule has 1 unspecified atom stereocenters. The number of nitrogens with one attached hydrogen (secondary N) is 1. The number of carboxylic acid groups (broad SMARTS) is 1. The Hall–Kier alpha value is -3.10. The van der Waals surface area contributed by atoms with Gasteiger partial charge in [0.1, 0.15) is 6.04 Å². The fourth-order valence-corrected chi connectivity index (χ4v) is 1.84. The predicted octanol–water partition coefficient (Wildman–Crippen LogP) is 0.995. The van der Waals surface area contributed by atoms with Crippen LogP contribution in [-0.2, 0) is 16.0 Å². The van der Waals surface area contributed by atoms with Crippen LogP contribution < -0.4 is 5.32 Å². The molecule has 0 spiro atoms. The van der Waals surface area contributed by atoms with Gasteiger partial charge in [-0.3, -0.25) is 4.79 Å². The first kappa shape index (κ1) is 17.3. The summed E-state index contributed by atoms with van der Waals surface area (Å²) in [5, 5.41) is 15.3. The van der Waals surface area contributed by atoms with Crippen molar-refractivity contribution in [1.82, 2.24) is 25.4 Å². The van der Waals surface area contributed by atoms with Crippen molar-refractivity contribution in [1.29, 1.82) is 0 Å². The number of aliphatic carboxylic acids is 1. The minimum absolute atomic E-state index is 0.0386. The number of carbonyl (C=O) groups excluding carboxylic acids is 1. The summed E-state index contributed by atoms with van der Waals surface area (Å²) in [5.74, 6) is -0.657. The fraction of sp³-hybridized carbons (Fsp3) is 0.333. The SMILES string of the molecule is C/C=C/CC(NC(=O)CCc1nc(-c2ncccn2)no1)C(=O)O. The Morgan fingerprint density at radius 3 is 2.75 bits per heavy atom. The van der Waals surface area contributed by atoms with E-state index in [1.54, 1.807) is 37.5 Å². The molecule has 0 radical (unpaired) electrons. The average Bonchev–Trinajstić information content (AvgIpc) is 3.06. The summed E-state index contributed by atoms with van der Waals surface area (Å²) in [5.41, 5.74) is 0. The number of hydrogen-bond donors (Lipinski definition) is 2. The Labute approximate surface area is 137 Å². The van der Waals surface area contributed by atoms with Gasteiger partial charge in [-0.25, -0.2) is 14.8 Å². The first-order chi connectivity index (χ1) is 11.6. The van der Waals surface area contributed by atoms with Gasteiger partial charge in [-0.1, -0.05) is 17.3 Å². The van der Waals surface area contributed by atoms with E-state index in [-0.39, 0.29) is 31.0 Å². The predicted molar refractivity (Wildman–Crippen MR) is 82.6 cm³/mol. The Bertz CT molecular complexity index is 714. The topological polar surface area (TPSA) is 131 Å². The molecule has 0 aliphatic rings. The highest BCUT2D eigenvalue weighted by atomic mass is 16.5. The van der Waals surface area contributed by atoms with Crippen LogP contribution in [0.3, 0.4) is 0 Å². The zero-order valence-corrected chi connectivity index (χ0v) is 13.0. The lowest BCUT2D eigenvalue weighted by Crippen LogP contribution is -2.40. The molecule has 0 aromatic carbocycles. The zero-order valence-electron chi connectivity index (χ0n) is 13.0. The average molecular weight is 331 g/mol. The molecule has 0 saturated carbocycles. The second-order valence-electron chi connectivity index (χ2n) is 4.85. The number of hydrogen-bond acceptors (Lipinski definition) is 7. The van der Waals surface area contributed by atoms with Crippen molar-refractivity contribution in [2.75, 3.05) is 0 Å². The van der Waals surface area contributed by atoms with Gasteiger partial charge in [0.2, 0.25) is 23.4 Å². The summed E-state index contributed by atoms with van der Waals surface area (Å²) < 4.78 is 5.04. The van der Waals surface area contributed by atoms with Crippen molar-refractivity contribution in [3.8, 4) is 11.6 Å². The molecule has 126 valence electrons. The summed E-state index contributed by atoms with van der Waals surface area (Å²) >= 11 is 0. The molecule has 2 rings (SSSR count). The molecule has 0 fully saturated rings. The Kier molecular flexibility index (Phi) is 6.12. The summed E-state index contributed by atoms with van der Waals surface area (Å²) in [6, 6.07) is 0.714. The molecule has 0 aliphatic carbocycles. The van der Waals surface area contributed by atoms with Gasteiger partial charge in [-0.05, 0) is 19.4 Å². The molecule has 0 aliphatic heterocycles. The van der Waals surface area contributed by atoms with E-state index < -0.39 is 17.9 Å². The van der Waals surface area contributed by atoms with Crippen molar-refractivity contribution in [3.63, 3.8) is 0 Å². The van der Waals surface area contributed by atoms with Crippen LogP contribution in [0.15, 0.2) is 35.1 Å². The maximum absolute atomic E-state index is 11.9. The third-order valence-corrected chi connectivity index (χ3v) is 3.04. The summed E-state index contributed by atoms with van der Waals surface area (Å²) in [4.78, 5) is 35.0. The first-order valence-electron chi connectivity index (χ1n) is 7.33. The lowest BCUT2D eigenvalue weighted by Gasteiger charge is -2.11. The fourth-order valence-electron chi connectivity index (χ4n) is 1.84. The molecule has 0 saturated heterocycles. The van der Waals surface area contributed by atoms with Crippen molar-refractivity contribution in [2.45, 2.75) is 32.2 Å². The standard InChI is InChI=1S/C15H17N5O4/c1-2-3-5-10(15(22)23)18-11(21)6-7-12-19-14(20-24-12)13-16-8-4-9-17-13/h2-4,8-10H,5-7H2,1H3,(H,18,21)(H,22,23)/b3-2+. The van der Waals surface area contributed by atoms with Gasteiger partial charge in [0.25, 0.3) is 0 Å². The minimum atomic E-state index is -1.08. The van der Waals surface area contributed by atoms with E-state index in [1.807, 2.05) is 0 Å². The van der Waals surface area contributed by atoms with Crippen LogP contribution in [0, 0.1) is 0 Å². The van der Waals surface area contributed by atoms with Crippen LogP contribution in [0.2, 0.25) is 0 Å². The van der Waals surface area contributed by atoms with Gasteiger partial charge in [0, 0.05) is 25.2 Å². The van der Waals surface area contributed by atoms with Crippen LogP contribution in [0.1, 0.15) is 25.7 Å². The molecule has 9 nitrogen and oxygen atoms in total. The van der Waals surface area contributed by atoms with Crippen molar-refractivity contribution in [2.24, 2.45) is 0 Å². The summed E-state index contributed by atoms with van der Waals surface area (Å²) in [7, 11) is 0. The van der Waals surface area contributed by atoms with Crippen LogP contribution in [0.25, 0.3) is 11.6 Å². The van der Waals surface area contributed by atoms with E-state index in [9.17, 15) is 9.59 Å². The quantitative estimate of drug-likeness (QED) is 0.685. The first-order valence-corrected chi connectivity index (χ1v) is 7.33. The molecular formula is C15H17N5O4. The molecule has 9 heteroatoms. The lowest BCUT2D eigenvalue weighted by atomic mass is 10.2. The van der Waals surface area contributed by atoms with Gasteiger partial charge in [0.15, 0.2) is 0 Å². The van der Waals surface area contributed by atoms with Crippen molar-refractivity contribution < 1.29 is 19.2 Å². The third kappa shape index (κ3) is 4.97. The van der Waals surface area contributed by atoms with Gasteiger partial charge in [-0.15, -0.1) is 0 Å². The van der Waals surface area contributed by atoms with E-state index in [1.165, 1.54) is 0 Å². The number of carbonyl (C=O) groups is 2. The second kappa shape index (κ2) is 8.51. The molecule has 24 heavy (non-hydrogen) atoms. The van der Waals surface area contributed by atoms with Crippen LogP contribution in [-0.4, -0.2) is 43.1 Å². The molecule has 2 aromatic heterocycles. The lowest BCUT2D eigenvalue weighted by molar-refractivity contribution is -0.141. The van der Waals surface area contributed by atoms with E-state index >= 15 is 0 Å². The highest BCUT2D eigenvalue weighted by Crippen LogP contribution is 2.10. The summed E-state index contributed by atoms with van der Waals surface area (Å²) in [6.07, 6.45) is 6.99. The Morgan fingerprint density at radius 1 is 1.33 bits per heavy atom. The molecular weight excluding hydrogens is 314 g/mol. The van der Waals surface area contributed by atoms with E-state index in [4.69, 9.17) is 9.63 Å². The van der Waals surface area contributed by atoms with Crippen molar-refractivity contribution in [3.05, 3.63) is 36.5 Å². The minimum Gasteiger partial charge on any atom is -0.480 e. The molecule has 1 atom stereocenters. The summed E-state index contributed by atoms with van der Waals surface area (Å²) in [6.45, 7) is 1.78. The number of aryl methyl sites for hydroxylation is 1. The second-order valence-corrected chi connectivity index (χ2v) is 4.85. The molecule has 2 aromatic rings. The maximum Gasteiger partial charge on any atom is 0.326 e. The number of rotatable bonds is 8.